The molecule has 16 heavy (non-hydrogen) atoms. The van der Waals surface area contributed by atoms with Crippen LogP contribution in [0.5, 0.6) is 0 Å². The number of hydrogen-bond acceptors (Lipinski definition) is 2. The topological polar surface area (TPSA) is 40.6 Å². The van der Waals surface area contributed by atoms with Crippen LogP contribution in [0, 0.1) is 0 Å². The molecule has 0 aliphatic carbocycles. The molecule has 1 aliphatic heterocycles. The van der Waals surface area contributed by atoms with Crippen molar-refractivity contribution in [3.05, 3.63) is 29.3 Å². The van der Waals surface area contributed by atoms with E-state index in [4.69, 9.17) is 11.6 Å². The second-order valence-corrected chi connectivity index (χ2v) is 4.04. The van der Waals surface area contributed by atoms with Gasteiger partial charge in [0.05, 0.1) is 10.7 Å². The summed E-state index contributed by atoms with van der Waals surface area (Å²) in [4.78, 5) is 26.2. The first-order valence-corrected chi connectivity index (χ1v) is 5.31. The second-order valence-electron chi connectivity index (χ2n) is 3.63. The van der Waals surface area contributed by atoms with Gasteiger partial charge in [0.2, 0.25) is 5.91 Å². The lowest BCUT2D eigenvalue weighted by Gasteiger charge is -2.31. The van der Waals surface area contributed by atoms with Gasteiger partial charge in [0.25, 0.3) is 0 Å². The molecule has 1 saturated heterocycles. The normalized spacial score (nSPS) is 16.9. The number of nitrogens with zero attached hydrogens (tertiary/aromatic N) is 2. The summed E-state index contributed by atoms with van der Waals surface area (Å²) in [5, 5.41) is 0.402. The highest BCUT2D eigenvalue weighted by Gasteiger charge is 2.32. The summed E-state index contributed by atoms with van der Waals surface area (Å²) in [6, 6.07) is 6.50. The minimum atomic E-state index is -0.329. The van der Waals surface area contributed by atoms with Crippen LogP contribution in [0.1, 0.15) is 6.42 Å². The maximum absolute atomic E-state index is 11.9. The molecule has 2 rings (SSSR count). The second kappa shape index (κ2) is 4.14. The number of rotatable bonds is 1. The van der Waals surface area contributed by atoms with Gasteiger partial charge >= 0.3 is 6.03 Å². The van der Waals surface area contributed by atoms with Crippen molar-refractivity contribution in [2.24, 2.45) is 0 Å². The van der Waals surface area contributed by atoms with Crippen LogP contribution in [-0.4, -0.2) is 30.4 Å². The highest BCUT2D eigenvalue weighted by Crippen LogP contribution is 2.28. The van der Waals surface area contributed by atoms with Crippen LogP contribution < -0.4 is 4.90 Å². The Morgan fingerprint density at radius 1 is 1.25 bits per heavy atom. The number of halogens is 1. The van der Waals surface area contributed by atoms with Crippen molar-refractivity contribution in [2.45, 2.75) is 6.42 Å². The molecule has 1 heterocycles. The van der Waals surface area contributed by atoms with E-state index in [1.807, 2.05) is 0 Å². The molecule has 0 bridgehead atoms. The van der Waals surface area contributed by atoms with E-state index in [-0.39, 0.29) is 11.9 Å². The molecule has 1 aromatic carbocycles. The molecule has 0 atom stereocenters. The number of benzene rings is 1. The van der Waals surface area contributed by atoms with Gasteiger partial charge in [0.1, 0.15) is 0 Å². The number of amides is 3. The highest BCUT2D eigenvalue weighted by atomic mass is 35.5. The Morgan fingerprint density at radius 2 is 1.94 bits per heavy atom. The lowest BCUT2D eigenvalue weighted by atomic mass is 10.2. The molecular weight excluding hydrogens is 228 g/mol. The molecule has 0 spiro atoms. The zero-order chi connectivity index (χ0) is 11.7. The van der Waals surface area contributed by atoms with E-state index in [1.165, 1.54) is 4.90 Å². The number of hydrogen-bond donors (Lipinski definition) is 0. The van der Waals surface area contributed by atoms with Gasteiger partial charge in [-0.15, -0.1) is 0 Å². The standard InChI is InChI=1S/C11H11ClN2O2/c1-13-7-6-10(15)14(11(13)16)9-5-3-2-4-8(9)12/h2-5H,6-7H2,1H3. The Bertz CT molecular complexity index is 447. The van der Waals surface area contributed by atoms with Crippen LogP contribution >= 0.6 is 11.6 Å². The summed E-state index contributed by atoms with van der Waals surface area (Å²) in [6.45, 7) is 0.457. The molecule has 0 unspecified atom stereocenters. The third-order valence-corrected chi connectivity index (χ3v) is 2.84. The summed E-state index contributed by atoms with van der Waals surface area (Å²) in [5.74, 6) is -0.212. The number of carbonyl (C=O) groups excluding carboxylic acids is 2. The first kappa shape index (κ1) is 11.0. The Labute approximate surface area is 98.4 Å². The van der Waals surface area contributed by atoms with Gasteiger partial charge in [0.15, 0.2) is 0 Å². The Morgan fingerprint density at radius 3 is 2.62 bits per heavy atom. The zero-order valence-electron chi connectivity index (χ0n) is 8.81. The van der Waals surface area contributed by atoms with Gasteiger partial charge in [0, 0.05) is 20.0 Å². The average molecular weight is 239 g/mol. The fourth-order valence-electron chi connectivity index (χ4n) is 1.62. The van der Waals surface area contributed by atoms with E-state index in [2.05, 4.69) is 0 Å². The molecule has 84 valence electrons. The van der Waals surface area contributed by atoms with E-state index in [0.717, 1.165) is 4.90 Å². The van der Waals surface area contributed by atoms with Crippen molar-refractivity contribution < 1.29 is 9.59 Å². The Balaban J connectivity index is 2.42. The van der Waals surface area contributed by atoms with Crippen LogP contribution in [0.2, 0.25) is 5.02 Å². The largest absolute Gasteiger partial charge is 0.331 e. The van der Waals surface area contributed by atoms with Crippen molar-refractivity contribution in [1.29, 1.82) is 0 Å². The number of urea groups is 1. The van der Waals surface area contributed by atoms with Gasteiger partial charge in [-0.1, -0.05) is 23.7 Å². The van der Waals surface area contributed by atoms with Crippen LogP contribution in [0.15, 0.2) is 24.3 Å². The van der Waals surface area contributed by atoms with Crippen molar-refractivity contribution in [1.82, 2.24) is 4.90 Å². The highest BCUT2D eigenvalue weighted by molar-refractivity contribution is 6.35. The van der Waals surface area contributed by atoms with Gasteiger partial charge in [-0.2, -0.15) is 0 Å². The van der Waals surface area contributed by atoms with Gasteiger partial charge in [-0.3, -0.25) is 4.79 Å². The number of imide groups is 1. The maximum Gasteiger partial charge on any atom is 0.331 e. The SMILES string of the molecule is CN1CCC(=O)N(c2ccccc2Cl)C1=O. The Kier molecular flexibility index (Phi) is 2.83. The molecule has 0 N–H and O–H groups in total. The first-order chi connectivity index (χ1) is 7.61. The van der Waals surface area contributed by atoms with Crippen molar-refractivity contribution in [2.75, 3.05) is 18.5 Å². The summed E-state index contributed by atoms with van der Waals surface area (Å²) < 4.78 is 0. The van der Waals surface area contributed by atoms with Crippen molar-refractivity contribution in [3.63, 3.8) is 0 Å². The molecule has 0 radical (unpaired) electrons. The van der Waals surface area contributed by atoms with Crippen molar-refractivity contribution in [3.8, 4) is 0 Å². The van der Waals surface area contributed by atoms with E-state index in [0.29, 0.717) is 23.7 Å². The molecule has 1 aliphatic rings. The third-order valence-electron chi connectivity index (χ3n) is 2.52. The summed E-state index contributed by atoms with van der Waals surface area (Å²) in [7, 11) is 1.67. The van der Waals surface area contributed by atoms with Gasteiger partial charge in [-0.25, -0.2) is 9.69 Å². The van der Waals surface area contributed by atoms with Crippen LogP contribution in [-0.2, 0) is 4.79 Å². The first-order valence-electron chi connectivity index (χ1n) is 4.94. The molecule has 3 amide bonds. The molecule has 5 heteroatoms. The minimum Gasteiger partial charge on any atom is -0.327 e. The molecule has 1 aromatic rings. The molecular formula is C11H11ClN2O2. The molecule has 0 aromatic heterocycles. The predicted molar refractivity (Wildman–Crippen MR) is 61.6 cm³/mol. The van der Waals surface area contributed by atoms with Crippen molar-refractivity contribution >= 4 is 29.2 Å². The smallest absolute Gasteiger partial charge is 0.327 e. The molecule has 0 saturated carbocycles. The molecule has 1 fully saturated rings. The Hall–Kier alpha value is -1.55. The fraction of sp³-hybridized carbons (Fsp3) is 0.273. The zero-order valence-corrected chi connectivity index (χ0v) is 9.57. The van der Waals surface area contributed by atoms with E-state index in [1.54, 1.807) is 31.3 Å². The monoisotopic (exact) mass is 238 g/mol. The number of para-hydroxylation sites is 1. The quantitative estimate of drug-likeness (QED) is 0.752. The third kappa shape index (κ3) is 1.76. The summed E-state index contributed by atoms with van der Waals surface area (Å²) in [6.07, 6.45) is 0.327. The van der Waals surface area contributed by atoms with Gasteiger partial charge < -0.3 is 4.90 Å². The summed E-state index contributed by atoms with van der Waals surface area (Å²) in [5.41, 5.74) is 0.450. The summed E-state index contributed by atoms with van der Waals surface area (Å²) >= 11 is 5.97. The van der Waals surface area contributed by atoms with Crippen LogP contribution in [0.4, 0.5) is 10.5 Å². The lowest BCUT2D eigenvalue weighted by molar-refractivity contribution is -0.119. The van der Waals surface area contributed by atoms with Crippen LogP contribution in [0.25, 0.3) is 0 Å². The van der Waals surface area contributed by atoms with E-state index in [9.17, 15) is 9.59 Å². The fourth-order valence-corrected chi connectivity index (χ4v) is 1.84. The maximum atomic E-state index is 11.9. The lowest BCUT2D eigenvalue weighted by Crippen LogP contribution is -2.51. The predicted octanol–water partition coefficient (Wildman–Crippen LogP) is 2.13. The number of anilines is 1. The van der Waals surface area contributed by atoms with E-state index >= 15 is 0 Å². The molecule has 4 nitrogen and oxygen atoms in total. The minimum absolute atomic E-state index is 0.212. The number of carbonyl (C=O) groups is 2. The average Bonchev–Trinajstić information content (AvgIpc) is 2.27. The van der Waals surface area contributed by atoms with Gasteiger partial charge in [-0.05, 0) is 12.1 Å². The van der Waals surface area contributed by atoms with Crippen LogP contribution in [0.3, 0.4) is 0 Å². The van der Waals surface area contributed by atoms with E-state index < -0.39 is 0 Å².